The van der Waals surface area contributed by atoms with Crippen LogP contribution in [0.25, 0.3) is 0 Å². The summed E-state index contributed by atoms with van der Waals surface area (Å²) in [4.78, 5) is 11.7. The molecule has 2 aromatic carbocycles. The van der Waals surface area contributed by atoms with Crippen LogP contribution in [0.5, 0.6) is 5.75 Å². The normalized spacial score (nSPS) is 15.8. The Bertz CT molecular complexity index is 950. The number of rotatable bonds is 4. The lowest BCUT2D eigenvalue weighted by molar-refractivity contribution is 0.102. The van der Waals surface area contributed by atoms with Crippen molar-refractivity contribution in [3.8, 4) is 5.75 Å². The van der Waals surface area contributed by atoms with Crippen molar-refractivity contribution in [1.82, 2.24) is 5.32 Å². The topological polar surface area (TPSA) is 120 Å². The summed E-state index contributed by atoms with van der Waals surface area (Å²) in [7, 11) is -2.07. The first-order valence-corrected chi connectivity index (χ1v) is 11.7. The average molecular weight is 551 g/mol. The fraction of sp³-hybridized carbons (Fsp3) is 0.278. The Morgan fingerprint density at radius 2 is 1.97 bits per heavy atom. The van der Waals surface area contributed by atoms with Crippen LogP contribution >= 0.6 is 31.9 Å². The molecule has 1 aliphatic heterocycles. The van der Waals surface area contributed by atoms with Crippen LogP contribution in [0.15, 0.2) is 56.3 Å². The Balaban J connectivity index is 0.000000221. The highest BCUT2D eigenvalue weighted by Gasteiger charge is 2.18. The molecule has 1 heterocycles. The molecule has 2 aromatic rings. The van der Waals surface area contributed by atoms with Crippen molar-refractivity contribution in [3.05, 3.63) is 51.4 Å². The number of nitrogens with one attached hydrogen (secondary N) is 2. The molecular weight excluding hydrogens is 530 g/mol. The maximum Gasteiger partial charge on any atom is 0.413 e. The number of nitrogens with two attached hydrogens (primary N) is 1. The number of benzene rings is 2. The second-order valence-corrected chi connectivity index (χ2v) is 9.24. The summed E-state index contributed by atoms with van der Waals surface area (Å²) in [6.07, 6.45) is 1.25. The molecule has 11 heteroatoms. The minimum Gasteiger partial charge on any atom is -0.495 e. The SMILES string of the molecule is COc1ccccc1NC(=O)OC1CCCN1.NS(=O)(=O)c1cc(Br)ccc1Br. The zero-order valence-electron chi connectivity index (χ0n) is 15.5. The predicted molar refractivity (Wildman–Crippen MR) is 117 cm³/mol. The van der Waals surface area contributed by atoms with Crippen molar-refractivity contribution in [2.75, 3.05) is 19.0 Å². The van der Waals surface area contributed by atoms with Crippen LogP contribution in [0.1, 0.15) is 12.8 Å². The smallest absolute Gasteiger partial charge is 0.413 e. The fourth-order valence-corrected chi connectivity index (χ4v) is 4.53. The van der Waals surface area contributed by atoms with Crippen molar-refractivity contribution in [1.29, 1.82) is 0 Å². The van der Waals surface area contributed by atoms with Gasteiger partial charge in [0.25, 0.3) is 0 Å². The number of carbonyl (C=O) groups is 1. The quantitative estimate of drug-likeness (QED) is 0.532. The predicted octanol–water partition coefficient (Wildman–Crippen LogP) is 3.81. The first-order chi connectivity index (χ1) is 13.7. The first-order valence-electron chi connectivity index (χ1n) is 8.52. The highest BCUT2D eigenvalue weighted by molar-refractivity contribution is 9.11. The number of halogens is 2. The van der Waals surface area contributed by atoms with E-state index >= 15 is 0 Å². The molecule has 1 saturated heterocycles. The van der Waals surface area contributed by atoms with Gasteiger partial charge in [0.15, 0.2) is 6.23 Å². The zero-order chi connectivity index (χ0) is 21.4. The van der Waals surface area contributed by atoms with Crippen LogP contribution < -0.4 is 20.5 Å². The van der Waals surface area contributed by atoms with Gasteiger partial charge < -0.3 is 9.47 Å². The third-order valence-corrected chi connectivity index (χ3v) is 6.21. The number of hydrogen-bond acceptors (Lipinski definition) is 6. The first kappa shape index (κ1) is 23.6. The zero-order valence-corrected chi connectivity index (χ0v) is 19.5. The lowest BCUT2D eigenvalue weighted by Gasteiger charge is -2.14. The largest absolute Gasteiger partial charge is 0.495 e. The van der Waals surface area contributed by atoms with E-state index in [1.54, 1.807) is 31.4 Å². The number of sulfonamides is 1. The van der Waals surface area contributed by atoms with Crippen LogP contribution in [0.4, 0.5) is 10.5 Å². The monoisotopic (exact) mass is 549 g/mol. The number of para-hydroxylation sites is 2. The standard InChI is InChI=1S/C12H16N2O3.C6H5Br2NO2S/c1-16-10-6-3-2-5-9(10)14-12(15)17-11-7-4-8-13-11;7-4-1-2-5(8)6(3-4)12(9,10)11/h2-3,5-6,11,13H,4,7-8H2,1H3,(H,14,15);1-3H,(H2,9,10,11). The summed E-state index contributed by atoms with van der Waals surface area (Å²) in [5, 5.41) is 10.7. The molecule has 3 rings (SSSR count). The van der Waals surface area contributed by atoms with Gasteiger partial charge in [-0.3, -0.25) is 10.6 Å². The highest BCUT2D eigenvalue weighted by atomic mass is 79.9. The van der Waals surface area contributed by atoms with Crippen LogP contribution in [0, 0.1) is 0 Å². The molecule has 0 bridgehead atoms. The van der Waals surface area contributed by atoms with Gasteiger partial charge in [0.1, 0.15) is 5.75 Å². The molecule has 29 heavy (non-hydrogen) atoms. The number of ether oxygens (including phenoxy) is 2. The number of primary sulfonamides is 1. The summed E-state index contributed by atoms with van der Waals surface area (Å²) < 4.78 is 33.3. The Kier molecular flexibility index (Phi) is 8.90. The van der Waals surface area contributed by atoms with E-state index in [2.05, 4.69) is 42.5 Å². The van der Waals surface area contributed by atoms with E-state index in [1.165, 1.54) is 6.07 Å². The maximum absolute atomic E-state index is 11.6. The molecule has 1 unspecified atom stereocenters. The van der Waals surface area contributed by atoms with E-state index in [4.69, 9.17) is 14.6 Å². The van der Waals surface area contributed by atoms with E-state index in [-0.39, 0.29) is 11.1 Å². The maximum atomic E-state index is 11.6. The second kappa shape index (κ2) is 10.9. The van der Waals surface area contributed by atoms with Gasteiger partial charge in [-0.15, -0.1) is 0 Å². The molecule has 0 radical (unpaired) electrons. The van der Waals surface area contributed by atoms with E-state index in [0.717, 1.165) is 19.4 Å². The summed E-state index contributed by atoms with van der Waals surface area (Å²) in [6.45, 7) is 0.895. The van der Waals surface area contributed by atoms with E-state index in [0.29, 0.717) is 20.4 Å². The third kappa shape index (κ3) is 7.59. The minimum absolute atomic E-state index is 0.0804. The van der Waals surface area contributed by atoms with Gasteiger partial charge in [0.2, 0.25) is 10.0 Å². The minimum atomic E-state index is -3.63. The molecule has 0 aliphatic carbocycles. The molecule has 0 saturated carbocycles. The van der Waals surface area contributed by atoms with Gasteiger partial charge in [0.05, 0.1) is 17.7 Å². The van der Waals surface area contributed by atoms with Gasteiger partial charge in [0, 0.05) is 8.95 Å². The summed E-state index contributed by atoms with van der Waals surface area (Å²) in [5.41, 5.74) is 0.609. The van der Waals surface area contributed by atoms with E-state index in [1.807, 2.05) is 12.1 Å². The molecule has 158 valence electrons. The number of anilines is 1. The van der Waals surface area contributed by atoms with Crippen molar-refractivity contribution < 1.29 is 22.7 Å². The Hall–Kier alpha value is -1.66. The lowest BCUT2D eigenvalue weighted by Crippen LogP contribution is -2.29. The Morgan fingerprint density at radius 3 is 2.55 bits per heavy atom. The van der Waals surface area contributed by atoms with Crippen molar-refractivity contribution in [2.24, 2.45) is 5.14 Å². The molecular formula is C18H21Br2N3O5S. The van der Waals surface area contributed by atoms with Crippen LogP contribution in [0.3, 0.4) is 0 Å². The third-order valence-electron chi connectivity index (χ3n) is 3.81. The molecule has 4 N–H and O–H groups in total. The molecule has 1 fully saturated rings. The number of carbonyl (C=O) groups excluding carboxylic acids is 1. The number of methoxy groups -OCH3 is 1. The fourth-order valence-electron chi connectivity index (χ4n) is 2.46. The van der Waals surface area contributed by atoms with Crippen molar-refractivity contribution in [2.45, 2.75) is 24.0 Å². The molecule has 8 nitrogen and oxygen atoms in total. The van der Waals surface area contributed by atoms with Crippen molar-refractivity contribution in [3.63, 3.8) is 0 Å². The van der Waals surface area contributed by atoms with Gasteiger partial charge in [-0.05, 0) is 65.6 Å². The second-order valence-electron chi connectivity index (χ2n) is 5.94. The van der Waals surface area contributed by atoms with Crippen LogP contribution in [0.2, 0.25) is 0 Å². The summed E-state index contributed by atoms with van der Waals surface area (Å²) >= 11 is 6.23. The molecule has 0 aromatic heterocycles. The van der Waals surface area contributed by atoms with Crippen molar-refractivity contribution >= 4 is 53.7 Å². The van der Waals surface area contributed by atoms with Gasteiger partial charge in [-0.25, -0.2) is 18.4 Å². The average Bonchev–Trinajstić information content (AvgIpc) is 3.16. The molecule has 1 amide bonds. The molecule has 1 atom stereocenters. The Morgan fingerprint density at radius 1 is 1.24 bits per heavy atom. The van der Waals surface area contributed by atoms with Gasteiger partial charge in [-0.2, -0.15) is 0 Å². The lowest BCUT2D eigenvalue weighted by atomic mass is 10.3. The highest BCUT2D eigenvalue weighted by Crippen LogP contribution is 2.24. The number of amides is 1. The van der Waals surface area contributed by atoms with Gasteiger partial charge >= 0.3 is 6.09 Å². The molecule has 1 aliphatic rings. The Labute approximate surface area is 186 Å². The number of hydrogen-bond donors (Lipinski definition) is 3. The van der Waals surface area contributed by atoms with Crippen LogP contribution in [-0.4, -0.2) is 34.4 Å². The summed E-state index contributed by atoms with van der Waals surface area (Å²) in [5.74, 6) is 0.615. The van der Waals surface area contributed by atoms with Crippen LogP contribution in [-0.2, 0) is 14.8 Å². The van der Waals surface area contributed by atoms with Gasteiger partial charge in [-0.1, -0.05) is 28.1 Å². The molecule has 0 spiro atoms. The van der Waals surface area contributed by atoms with E-state index in [9.17, 15) is 13.2 Å². The summed E-state index contributed by atoms with van der Waals surface area (Å²) in [6, 6.07) is 12.0. The van der Waals surface area contributed by atoms with E-state index < -0.39 is 16.1 Å².